The van der Waals surface area contributed by atoms with E-state index in [4.69, 9.17) is 5.14 Å². The zero-order valence-corrected chi connectivity index (χ0v) is 14.2. The number of nitrogens with zero attached hydrogens (tertiary/aromatic N) is 1. The van der Waals surface area contributed by atoms with Crippen molar-refractivity contribution < 1.29 is 8.42 Å². The molecule has 2 atom stereocenters. The van der Waals surface area contributed by atoms with E-state index in [1.165, 1.54) is 10.3 Å². The summed E-state index contributed by atoms with van der Waals surface area (Å²) in [5, 5.41) is 6.23. The molecule has 6 heteroatoms. The van der Waals surface area contributed by atoms with Crippen LogP contribution in [0, 0.1) is 6.92 Å². The molecule has 0 radical (unpaired) electrons. The molecule has 23 heavy (non-hydrogen) atoms. The van der Waals surface area contributed by atoms with Gasteiger partial charge in [-0.25, -0.2) is 18.5 Å². The highest BCUT2D eigenvalue weighted by molar-refractivity contribution is 7.89. The van der Waals surface area contributed by atoms with Crippen LogP contribution >= 0.6 is 11.3 Å². The van der Waals surface area contributed by atoms with Crippen LogP contribution in [0.1, 0.15) is 34.4 Å². The maximum atomic E-state index is 11.3. The molecule has 0 aliphatic heterocycles. The molecule has 2 aromatic carbocycles. The lowest BCUT2D eigenvalue weighted by molar-refractivity contribution is 0.598. The lowest BCUT2D eigenvalue weighted by Crippen LogP contribution is -2.11. The van der Waals surface area contributed by atoms with Crippen LogP contribution in [-0.2, 0) is 10.0 Å². The molecule has 1 aliphatic rings. The van der Waals surface area contributed by atoms with Gasteiger partial charge >= 0.3 is 0 Å². The van der Waals surface area contributed by atoms with Crippen LogP contribution < -0.4 is 5.14 Å². The van der Waals surface area contributed by atoms with Crippen molar-refractivity contribution in [1.82, 2.24) is 4.98 Å². The predicted molar refractivity (Wildman–Crippen MR) is 92.3 cm³/mol. The number of primary sulfonamides is 1. The van der Waals surface area contributed by atoms with E-state index in [9.17, 15) is 8.42 Å². The second-order valence-corrected chi connectivity index (χ2v) is 8.79. The monoisotopic (exact) mass is 344 g/mol. The second-order valence-electron chi connectivity index (χ2n) is 5.99. The van der Waals surface area contributed by atoms with Crippen LogP contribution in [0.3, 0.4) is 0 Å². The zero-order chi connectivity index (χ0) is 16.2. The van der Waals surface area contributed by atoms with Crippen LogP contribution in [-0.4, -0.2) is 13.4 Å². The summed E-state index contributed by atoms with van der Waals surface area (Å²) in [6.45, 7) is 2.03. The van der Waals surface area contributed by atoms with E-state index in [1.54, 1.807) is 23.5 Å². The van der Waals surface area contributed by atoms with E-state index >= 15 is 0 Å². The van der Waals surface area contributed by atoms with Gasteiger partial charge in [0.1, 0.15) is 0 Å². The summed E-state index contributed by atoms with van der Waals surface area (Å²) < 4.78 is 23.9. The van der Waals surface area contributed by atoms with Gasteiger partial charge in [-0.2, -0.15) is 0 Å². The van der Waals surface area contributed by atoms with Crippen LogP contribution in [0.5, 0.6) is 0 Å². The third-order valence-corrected chi connectivity index (χ3v) is 6.25. The minimum atomic E-state index is -3.63. The van der Waals surface area contributed by atoms with E-state index in [-0.39, 0.29) is 4.90 Å². The van der Waals surface area contributed by atoms with Gasteiger partial charge in [0.25, 0.3) is 0 Å². The molecule has 0 spiro atoms. The Hall–Kier alpha value is -1.76. The molecular formula is C17H16N2O2S2. The Morgan fingerprint density at radius 1 is 1.13 bits per heavy atom. The lowest BCUT2D eigenvalue weighted by Gasteiger charge is -2.04. The Bertz CT molecular complexity index is 991. The van der Waals surface area contributed by atoms with Gasteiger partial charge in [-0.3, -0.25) is 0 Å². The average Bonchev–Trinajstić information content (AvgIpc) is 3.20. The first-order valence-electron chi connectivity index (χ1n) is 7.42. The van der Waals surface area contributed by atoms with Crippen molar-refractivity contribution in [2.45, 2.75) is 30.1 Å². The van der Waals surface area contributed by atoms with Crippen molar-refractivity contribution in [3.63, 3.8) is 0 Å². The summed E-state index contributed by atoms with van der Waals surface area (Å²) >= 11 is 1.72. The van der Waals surface area contributed by atoms with Gasteiger partial charge in [0.2, 0.25) is 10.0 Å². The molecule has 3 aromatic rings. The largest absolute Gasteiger partial charge is 0.241 e. The smallest absolute Gasteiger partial charge is 0.238 e. The fraction of sp³-hybridized carbons (Fsp3) is 0.235. The first-order valence-corrected chi connectivity index (χ1v) is 9.78. The van der Waals surface area contributed by atoms with Crippen LogP contribution in [0.15, 0.2) is 47.4 Å². The molecule has 4 nitrogen and oxygen atoms in total. The van der Waals surface area contributed by atoms with Crippen molar-refractivity contribution in [1.29, 1.82) is 0 Å². The zero-order valence-electron chi connectivity index (χ0n) is 12.6. The summed E-state index contributed by atoms with van der Waals surface area (Å²) in [5.41, 5.74) is 3.57. The summed E-state index contributed by atoms with van der Waals surface area (Å²) in [6.07, 6.45) is 1.07. The maximum absolute atomic E-state index is 11.3. The number of para-hydroxylation sites is 1. The summed E-state index contributed by atoms with van der Waals surface area (Å²) in [6, 6.07) is 13.3. The number of hydrogen-bond donors (Lipinski definition) is 1. The van der Waals surface area contributed by atoms with Crippen molar-refractivity contribution >= 4 is 31.6 Å². The summed E-state index contributed by atoms with van der Waals surface area (Å²) in [5.74, 6) is 0.887. The van der Waals surface area contributed by atoms with Gasteiger partial charge in [0.15, 0.2) is 0 Å². The van der Waals surface area contributed by atoms with Crippen molar-refractivity contribution in [3.05, 3.63) is 58.6 Å². The number of aromatic nitrogens is 1. The molecule has 1 aromatic heterocycles. The molecule has 1 aliphatic carbocycles. The highest BCUT2D eigenvalue weighted by Gasteiger charge is 2.40. The Morgan fingerprint density at radius 2 is 1.87 bits per heavy atom. The molecule has 0 amide bonds. The SMILES string of the molecule is Cc1nc2c(C3CC3c3ccc(S(N)(=O)=O)cc3)cccc2s1. The number of fused-ring (bicyclic) bond motifs is 1. The van der Waals surface area contributed by atoms with Crippen molar-refractivity contribution in [2.24, 2.45) is 5.14 Å². The molecule has 118 valence electrons. The quantitative estimate of drug-likeness (QED) is 0.790. The number of sulfonamides is 1. The van der Waals surface area contributed by atoms with Gasteiger partial charge in [0.05, 0.1) is 20.1 Å². The van der Waals surface area contributed by atoms with Gasteiger partial charge in [-0.1, -0.05) is 24.3 Å². The Balaban J connectivity index is 1.64. The summed E-state index contributed by atoms with van der Waals surface area (Å²) in [4.78, 5) is 4.83. The Labute approximate surface area is 139 Å². The third-order valence-electron chi connectivity index (χ3n) is 4.38. The van der Waals surface area contributed by atoms with Crippen LogP contribution in [0.25, 0.3) is 10.2 Å². The summed E-state index contributed by atoms with van der Waals surface area (Å²) in [7, 11) is -3.63. The molecular weight excluding hydrogens is 328 g/mol. The fourth-order valence-electron chi connectivity index (χ4n) is 3.19. The van der Waals surface area contributed by atoms with E-state index in [2.05, 4.69) is 23.2 Å². The van der Waals surface area contributed by atoms with Crippen molar-refractivity contribution in [2.75, 3.05) is 0 Å². The lowest BCUT2D eigenvalue weighted by atomic mass is 10.0. The standard InChI is InChI=1S/C17H16N2O2S2/c1-10-19-17-13(3-2-4-16(17)22-10)15-9-14(15)11-5-7-12(8-6-11)23(18,20)21/h2-8,14-15H,9H2,1H3,(H2,18,20,21). The first kappa shape index (κ1) is 14.8. The minimum absolute atomic E-state index is 0.163. The molecule has 0 bridgehead atoms. The number of nitrogens with two attached hydrogens (primary N) is 1. The van der Waals surface area contributed by atoms with E-state index in [1.807, 2.05) is 19.1 Å². The third kappa shape index (κ3) is 2.67. The number of benzene rings is 2. The van der Waals surface area contributed by atoms with E-state index in [0.29, 0.717) is 11.8 Å². The average molecular weight is 344 g/mol. The second kappa shape index (κ2) is 5.12. The Morgan fingerprint density at radius 3 is 2.57 bits per heavy atom. The predicted octanol–water partition coefficient (Wildman–Crippen LogP) is 3.52. The number of rotatable bonds is 3. The molecule has 1 heterocycles. The molecule has 0 saturated heterocycles. The number of aryl methyl sites for hydroxylation is 1. The highest BCUT2D eigenvalue weighted by atomic mass is 32.2. The number of thiazole rings is 1. The molecule has 4 rings (SSSR count). The maximum Gasteiger partial charge on any atom is 0.238 e. The molecule has 2 unspecified atom stereocenters. The molecule has 1 fully saturated rings. The van der Waals surface area contributed by atoms with Gasteiger partial charge in [-0.05, 0) is 54.5 Å². The highest BCUT2D eigenvalue weighted by Crippen LogP contribution is 2.56. The first-order chi connectivity index (χ1) is 10.9. The van der Waals surface area contributed by atoms with Gasteiger partial charge in [-0.15, -0.1) is 11.3 Å². The van der Waals surface area contributed by atoms with Crippen LogP contribution in [0.2, 0.25) is 0 Å². The van der Waals surface area contributed by atoms with E-state index in [0.717, 1.165) is 22.5 Å². The normalized spacial score (nSPS) is 20.8. The number of hydrogen-bond acceptors (Lipinski definition) is 4. The van der Waals surface area contributed by atoms with Gasteiger partial charge < -0.3 is 0 Å². The van der Waals surface area contributed by atoms with E-state index < -0.39 is 10.0 Å². The Kier molecular flexibility index (Phi) is 3.30. The van der Waals surface area contributed by atoms with Crippen LogP contribution in [0.4, 0.5) is 0 Å². The molecule has 1 saturated carbocycles. The fourth-order valence-corrected chi connectivity index (χ4v) is 4.57. The van der Waals surface area contributed by atoms with Gasteiger partial charge in [0, 0.05) is 0 Å². The topological polar surface area (TPSA) is 73.0 Å². The minimum Gasteiger partial charge on any atom is -0.241 e. The van der Waals surface area contributed by atoms with Crippen molar-refractivity contribution in [3.8, 4) is 0 Å². The molecule has 2 N–H and O–H groups in total.